The van der Waals surface area contributed by atoms with Crippen molar-refractivity contribution in [2.45, 2.75) is 36.8 Å². The molecule has 0 radical (unpaired) electrons. The minimum absolute atomic E-state index is 0.0124. The van der Waals surface area contributed by atoms with E-state index < -0.39 is 10.0 Å². The van der Waals surface area contributed by atoms with E-state index in [2.05, 4.69) is 12.2 Å². The van der Waals surface area contributed by atoms with Crippen molar-refractivity contribution in [2.75, 3.05) is 19.3 Å². The van der Waals surface area contributed by atoms with Crippen LogP contribution in [0.25, 0.3) is 0 Å². The van der Waals surface area contributed by atoms with Gasteiger partial charge in [0.05, 0.1) is 6.54 Å². The molecule has 1 fully saturated rings. The highest BCUT2D eigenvalue weighted by Crippen LogP contribution is 2.29. The first-order valence-electron chi connectivity index (χ1n) is 6.33. The fraction of sp³-hybridized carbons (Fsp3) is 0.667. The van der Waals surface area contributed by atoms with Crippen LogP contribution in [0.3, 0.4) is 0 Å². The molecule has 108 valence electrons. The van der Waals surface area contributed by atoms with Gasteiger partial charge in [-0.05, 0) is 26.1 Å². The lowest BCUT2D eigenvalue weighted by atomic mass is 10.2. The van der Waals surface area contributed by atoms with Crippen molar-refractivity contribution in [1.29, 1.82) is 0 Å². The molecule has 0 aromatic carbocycles. The van der Waals surface area contributed by atoms with Crippen molar-refractivity contribution >= 4 is 21.8 Å². The van der Waals surface area contributed by atoms with Crippen molar-refractivity contribution in [1.82, 2.24) is 9.62 Å². The Morgan fingerprint density at radius 1 is 1.47 bits per heavy atom. The van der Waals surface area contributed by atoms with Crippen LogP contribution in [-0.2, 0) is 16.6 Å². The third kappa shape index (κ3) is 2.99. The van der Waals surface area contributed by atoms with E-state index in [1.54, 1.807) is 23.5 Å². The summed E-state index contributed by atoms with van der Waals surface area (Å²) in [6, 6.07) is 3.23. The predicted molar refractivity (Wildman–Crippen MR) is 76.7 cm³/mol. The average Bonchev–Trinajstić information content (AvgIpc) is 2.82. The number of rotatable bonds is 4. The Bertz CT molecular complexity index is 527. The lowest BCUT2D eigenvalue weighted by molar-refractivity contribution is 0.320. The maximum Gasteiger partial charge on any atom is 0.276 e. The molecule has 0 spiro atoms. The maximum absolute atomic E-state index is 12.6. The van der Waals surface area contributed by atoms with Gasteiger partial charge in [0.1, 0.15) is 5.76 Å². The van der Waals surface area contributed by atoms with Crippen LogP contribution in [0.2, 0.25) is 0 Å². The van der Waals surface area contributed by atoms with Crippen LogP contribution in [0.1, 0.15) is 19.6 Å². The van der Waals surface area contributed by atoms with Crippen molar-refractivity contribution in [2.24, 2.45) is 0 Å². The Labute approximate surface area is 118 Å². The largest absolute Gasteiger partial charge is 0.447 e. The number of hydrogen-bond acceptors (Lipinski definition) is 5. The lowest BCUT2D eigenvalue weighted by Gasteiger charge is -2.35. The van der Waals surface area contributed by atoms with E-state index in [4.69, 9.17) is 4.42 Å². The molecule has 2 rings (SSSR count). The predicted octanol–water partition coefficient (Wildman–Crippen LogP) is 1.51. The molecule has 2 atom stereocenters. The Morgan fingerprint density at radius 2 is 2.21 bits per heavy atom. The molecule has 1 aliphatic rings. The number of hydrogen-bond donors (Lipinski definition) is 1. The molecule has 0 aliphatic carbocycles. The first-order valence-corrected chi connectivity index (χ1v) is 8.82. The van der Waals surface area contributed by atoms with Gasteiger partial charge in [-0.1, -0.05) is 6.92 Å². The molecule has 1 N–H and O–H groups in total. The molecule has 2 heterocycles. The number of nitrogens with one attached hydrogen (secondary N) is 1. The van der Waals surface area contributed by atoms with E-state index in [9.17, 15) is 8.42 Å². The maximum atomic E-state index is 12.6. The number of nitrogens with zero attached hydrogens (tertiary/aromatic N) is 1. The van der Waals surface area contributed by atoms with E-state index in [-0.39, 0.29) is 11.1 Å². The fourth-order valence-corrected chi connectivity index (χ4v) is 5.05. The molecule has 0 saturated carbocycles. The Morgan fingerprint density at radius 3 is 2.89 bits per heavy atom. The molecule has 0 amide bonds. The highest BCUT2D eigenvalue weighted by Gasteiger charge is 2.36. The minimum Gasteiger partial charge on any atom is -0.447 e. The van der Waals surface area contributed by atoms with Gasteiger partial charge in [0.2, 0.25) is 5.09 Å². The van der Waals surface area contributed by atoms with E-state index in [1.165, 1.54) is 0 Å². The van der Waals surface area contributed by atoms with E-state index in [0.717, 1.165) is 5.75 Å². The monoisotopic (exact) mass is 304 g/mol. The van der Waals surface area contributed by atoms with Gasteiger partial charge in [0.15, 0.2) is 0 Å². The molecule has 2 unspecified atom stereocenters. The molecule has 1 aromatic heterocycles. The van der Waals surface area contributed by atoms with E-state index >= 15 is 0 Å². The third-order valence-corrected chi connectivity index (χ3v) is 6.58. The second-order valence-corrected chi connectivity index (χ2v) is 7.99. The normalized spacial score (nSPS) is 25.6. The Balaban J connectivity index is 2.25. The summed E-state index contributed by atoms with van der Waals surface area (Å²) in [5.41, 5.74) is 0. The molecule has 1 saturated heterocycles. The smallest absolute Gasteiger partial charge is 0.276 e. The zero-order valence-corrected chi connectivity index (χ0v) is 13.1. The molecule has 19 heavy (non-hydrogen) atoms. The van der Waals surface area contributed by atoms with Crippen LogP contribution in [0.5, 0.6) is 0 Å². The van der Waals surface area contributed by atoms with Gasteiger partial charge in [0.25, 0.3) is 10.0 Å². The first-order chi connectivity index (χ1) is 8.96. The van der Waals surface area contributed by atoms with Crippen molar-refractivity contribution in [3.8, 4) is 0 Å². The van der Waals surface area contributed by atoms with Gasteiger partial charge in [-0.2, -0.15) is 16.1 Å². The highest BCUT2D eigenvalue weighted by molar-refractivity contribution is 8.00. The van der Waals surface area contributed by atoms with Crippen LogP contribution < -0.4 is 5.32 Å². The third-order valence-electron chi connectivity index (χ3n) is 3.38. The van der Waals surface area contributed by atoms with Crippen molar-refractivity contribution in [3.63, 3.8) is 0 Å². The summed E-state index contributed by atoms with van der Waals surface area (Å²) in [7, 11) is -1.72. The second kappa shape index (κ2) is 5.87. The molecule has 0 bridgehead atoms. The number of sulfonamides is 1. The van der Waals surface area contributed by atoms with Crippen LogP contribution in [0, 0.1) is 0 Å². The topological polar surface area (TPSA) is 62.6 Å². The van der Waals surface area contributed by atoms with Gasteiger partial charge in [-0.15, -0.1) is 0 Å². The Kier molecular flexibility index (Phi) is 4.60. The summed E-state index contributed by atoms with van der Waals surface area (Å²) >= 11 is 1.81. The van der Waals surface area contributed by atoms with Gasteiger partial charge in [0, 0.05) is 23.6 Å². The summed E-state index contributed by atoms with van der Waals surface area (Å²) < 4.78 is 32.1. The zero-order valence-electron chi connectivity index (χ0n) is 11.4. The molecule has 1 aliphatic heterocycles. The highest BCUT2D eigenvalue weighted by atomic mass is 32.2. The standard InChI is InChI=1S/C12H20N2O3S2/c1-9-10(2)18-7-6-14(9)19(15,16)12-5-4-11(17-12)8-13-3/h4-5,9-10,13H,6-8H2,1-3H3. The fourth-order valence-electron chi connectivity index (χ4n) is 2.13. The van der Waals surface area contributed by atoms with Gasteiger partial charge >= 0.3 is 0 Å². The minimum atomic E-state index is -3.52. The van der Waals surface area contributed by atoms with Crippen LogP contribution >= 0.6 is 11.8 Å². The molecule has 7 heteroatoms. The zero-order chi connectivity index (χ0) is 14.0. The van der Waals surface area contributed by atoms with Crippen molar-refractivity contribution in [3.05, 3.63) is 17.9 Å². The van der Waals surface area contributed by atoms with Gasteiger partial charge in [-0.25, -0.2) is 8.42 Å². The van der Waals surface area contributed by atoms with Crippen LogP contribution in [0.4, 0.5) is 0 Å². The molecular weight excluding hydrogens is 284 g/mol. The number of furan rings is 1. The summed E-state index contributed by atoms with van der Waals surface area (Å²) in [5, 5.41) is 3.28. The van der Waals surface area contributed by atoms with E-state index in [0.29, 0.717) is 24.1 Å². The SMILES string of the molecule is CNCc1ccc(S(=O)(=O)N2CCSC(C)C2C)o1. The van der Waals surface area contributed by atoms with Crippen LogP contribution in [0.15, 0.2) is 21.6 Å². The van der Waals surface area contributed by atoms with Crippen LogP contribution in [-0.4, -0.2) is 43.4 Å². The summed E-state index contributed by atoms with van der Waals surface area (Å²) in [4.78, 5) is 0. The molecule has 5 nitrogen and oxygen atoms in total. The summed E-state index contributed by atoms with van der Waals surface area (Å²) in [6.45, 7) is 5.08. The molecular formula is C12H20N2O3S2. The number of thioether (sulfide) groups is 1. The second-order valence-electron chi connectivity index (χ2n) is 4.68. The quantitative estimate of drug-likeness (QED) is 0.913. The average molecular weight is 304 g/mol. The van der Waals surface area contributed by atoms with Gasteiger partial charge < -0.3 is 9.73 Å². The lowest BCUT2D eigenvalue weighted by Crippen LogP contribution is -2.47. The van der Waals surface area contributed by atoms with Gasteiger partial charge in [-0.3, -0.25) is 0 Å². The molecule has 1 aromatic rings. The van der Waals surface area contributed by atoms with E-state index in [1.807, 2.05) is 18.7 Å². The van der Waals surface area contributed by atoms with Crippen molar-refractivity contribution < 1.29 is 12.8 Å². The Hall–Kier alpha value is -0.500. The summed E-state index contributed by atoms with van der Waals surface area (Å²) in [5.74, 6) is 1.46. The first kappa shape index (κ1) is 14.9. The summed E-state index contributed by atoms with van der Waals surface area (Å²) in [6.07, 6.45) is 0.